The molecule has 3 aromatic heterocycles. The first-order chi connectivity index (χ1) is 11.1. The van der Waals surface area contributed by atoms with Crippen LogP contribution in [0, 0.1) is 0 Å². The molecule has 23 heavy (non-hydrogen) atoms. The second kappa shape index (κ2) is 5.13. The number of nitrogens with two attached hydrogens (primary N) is 1. The molecule has 0 radical (unpaired) electrons. The number of fused-ring (bicyclic) bond motifs is 1. The second-order valence-corrected chi connectivity index (χ2v) is 6.59. The van der Waals surface area contributed by atoms with Gasteiger partial charge in [-0.1, -0.05) is 37.0 Å². The van der Waals surface area contributed by atoms with E-state index >= 15 is 0 Å². The average Bonchev–Trinajstić information content (AvgIpc) is 3.25. The summed E-state index contributed by atoms with van der Waals surface area (Å²) in [5.74, 6) is 1.26. The largest absolute Gasteiger partial charge is 0.336 e. The van der Waals surface area contributed by atoms with Crippen LogP contribution >= 0.6 is 0 Å². The lowest BCUT2D eigenvalue weighted by Crippen LogP contribution is -2.34. The molecular formula is C16H19N5O2. The Balaban J connectivity index is 1.74. The molecule has 3 heterocycles. The van der Waals surface area contributed by atoms with Crippen molar-refractivity contribution in [3.63, 3.8) is 0 Å². The van der Waals surface area contributed by atoms with Gasteiger partial charge >= 0.3 is 0 Å². The van der Waals surface area contributed by atoms with Crippen molar-refractivity contribution >= 4 is 11.1 Å². The Bertz CT molecular complexity index is 845. The molecule has 7 nitrogen and oxygen atoms in total. The molecule has 1 aliphatic carbocycles. The minimum Gasteiger partial charge on any atom is -0.336 e. The molecule has 0 spiro atoms. The maximum absolute atomic E-state index is 6.38. The average molecular weight is 313 g/mol. The predicted molar refractivity (Wildman–Crippen MR) is 83.5 cm³/mol. The Morgan fingerprint density at radius 1 is 1.17 bits per heavy atom. The van der Waals surface area contributed by atoms with Gasteiger partial charge in [-0.15, -0.1) is 0 Å². The molecule has 0 atom stereocenters. The molecule has 1 aliphatic rings. The van der Waals surface area contributed by atoms with E-state index in [0.717, 1.165) is 42.3 Å². The zero-order valence-electron chi connectivity index (χ0n) is 13.2. The van der Waals surface area contributed by atoms with Gasteiger partial charge in [0.15, 0.2) is 5.82 Å². The summed E-state index contributed by atoms with van der Waals surface area (Å²) >= 11 is 0. The molecule has 0 aliphatic heterocycles. The van der Waals surface area contributed by atoms with Crippen molar-refractivity contribution in [2.45, 2.75) is 51.0 Å². The summed E-state index contributed by atoms with van der Waals surface area (Å²) in [5, 5.41) is 9.05. The van der Waals surface area contributed by atoms with Crippen LogP contribution in [-0.4, -0.2) is 20.3 Å². The van der Waals surface area contributed by atoms with Crippen molar-refractivity contribution < 1.29 is 9.05 Å². The van der Waals surface area contributed by atoms with E-state index in [-0.39, 0.29) is 5.92 Å². The first-order valence-corrected chi connectivity index (χ1v) is 7.95. The van der Waals surface area contributed by atoms with Crippen LogP contribution in [0.15, 0.2) is 21.3 Å². The molecule has 3 aromatic rings. The molecule has 0 amide bonds. The Morgan fingerprint density at radius 3 is 2.70 bits per heavy atom. The van der Waals surface area contributed by atoms with Gasteiger partial charge in [0.2, 0.25) is 0 Å². The van der Waals surface area contributed by atoms with Gasteiger partial charge in [-0.05, 0) is 24.8 Å². The van der Waals surface area contributed by atoms with E-state index in [0.29, 0.717) is 17.4 Å². The molecule has 2 N–H and O–H groups in total. The minimum atomic E-state index is -0.459. The van der Waals surface area contributed by atoms with Gasteiger partial charge in [0, 0.05) is 6.20 Å². The highest BCUT2D eigenvalue weighted by Gasteiger charge is 2.36. The summed E-state index contributed by atoms with van der Waals surface area (Å²) in [4.78, 5) is 8.80. The molecule has 1 fully saturated rings. The van der Waals surface area contributed by atoms with Crippen molar-refractivity contribution in [3.05, 3.63) is 23.8 Å². The molecule has 4 rings (SSSR count). The first-order valence-electron chi connectivity index (χ1n) is 7.95. The van der Waals surface area contributed by atoms with E-state index in [1.165, 1.54) is 0 Å². The topological polar surface area (TPSA) is 104 Å². The monoisotopic (exact) mass is 313 g/mol. The highest BCUT2D eigenvalue weighted by atomic mass is 16.5. The van der Waals surface area contributed by atoms with Gasteiger partial charge in [0.05, 0.1) is 22.2 Å². The lowest BCUT2D eigenvalue weighted by atomic mass is 9.99. The van der Waals surface area contributed by atoms with E-state index < -0.39 is 5.54 Å². The maximum Gasteiger partial charge on any atom is 0.259 e. The highest BCUT2D eigenvalue weighted by molar-refractivity contribution is 5.80. The smallest absolute Gasteiger partial charge is 0.259 e. The fourth-order valence-corrected chi connectivity index (χ4v) is 3.16. The van der Waals surface area contributed by atoms with Crippen molar-refractivity contribution in [1.82, 2.24) is 20.3 Å². The molecule has 1 saturated carbocycles. The van der Waals surface area contributed by atoms with Gasteiger partial charge in [-0.25, -0.2) is 4.98 Å². The van der Waals surface area contributed by atoms with Crippen molar-refractivity contribution in [3.8, 4) is 11.5 Å². The number of hydrogen-bond acceptors (Lipinski definition) is 7. The van der Waals surface area contributed by atoms with Crippen LogP contribution in [0.3, 0.4) is 0 Å². The highest BCUT2D eigenvalue weighted by Crippen LogP contribution is 2.35. The van der Waals surface area contributed by atoms with E-state index in [1.807, 2.05) is 6.07 Å². The normalized spacial score (nSPS) is 17.4. The van der Waals surface area contributed by atoms with Crippen molar-refractivity contribution in [2.75, 3.05) is 0 Å². The number of pyridine rings is 1. The Labute approximate surface area is 133 Å². The van der Waals surface area contributed by atoms with Gasteiger partial charge in [-0.3, -0.25) is 0 Å². The standard InChI is InChI=1S/C16H19N5O2/c1-9(2)12-11-7-10(8-18-14(11)23-20-12)13-19-15(21-22-13)16(17)5-3-4-6-16/h7-9H,3-6,17H2,1-2H3. The number of nitrogens with zero attached hydrogens (tertiary/aromatic N) is 4. The predicted octanol–water partition coefficient (Wildman–Crippen LogP) is 3.12. The van der Waals surface area contributed by atoms with E-state index in [9.17, 15) is 0 Å². The fourth-order valence-electron chi connectivity index (χ4n) is 3.16. The minimum absolute atomic E-state index is 0.248. The molecule has 120 valence electrons. The zero-order valence-corrected chi connectivity index (χ0v) is 13.2. The Hall–Kier alpha value is -2.28. The van der Waals surface area contributed by atoms with Crippen LogP contribution in [0.25, 0.3) is 22.6 Å². The molecule has 0 unspecified atom stereocenters. The number of hydrogen-bond donors (Lipinski definition) is 1. The van der Waals surface area contributed by atoms with Gasteiger partial charge < -0.3 is 14.8 Å². The maximum atomic E-state index is 6.38. The third kappa shape index (κ3) is 2.31. The van der Waals surface area contributed by atoms with Gasteiger partial charge in [-0.2, -0.15) is 4.98 Å². The Morgan fingerprint density at radius 2 is 1.96 bits per heavy atom. The summed E-state index contributed by atoms with van der Waals surface area (Å²) in [6.07, 6.45) is 5.66. The van der Waals surface area contributed by atoms with Crippen LogP contribution in [0.4, 0.5) is 0 Å². The first kappa shape index (κ1) is 14.3. The van der Waals surface area contributed by atoms with Crippen LogP contribution in [0.2, 0.25) is 0 Å². The molecule has 0 bridgehead atoms. The fraction of sp³-hybridized carbons (Fsp3) is 0.500. The van der Waals surface area contributed by atoms with Crippen LogP contribution < -0.4 is 5.73 Å². The third-order valence-corrected chi connectivity index (χ3v) is 4.52. The molecule has 0 aromatic carbocycles. The lowest BCUT2D eigenvalue weighted by Gasteiger charge is -2.17. The second-order valence-electron chi connectivity index (χ2n) is 6.59. The lowest BCUT2D eigenvalue weighted by molar-refractivity contribution is 0.372. The Kier molecular flexibility index (Phi) is 3.19. The van der Waals surface area contributed by atoms with Crippen LogP contribution in [0.5, 0.6) is 0 Å². The summed E-state index contributed by atoms with van der Waals surface area (Å²) in [6.45, 7) is 4.13. The van der Waals surface area contributed by atoms with Crippen LogP contribution in [0.1, 0.15) is 57.0 Å². The third-order valence-electron chi connectivity index (χ3n) is 4.52. The van der Waals surface area contributed by atoms with E-state index in [1.54, 1.807) is 6.20 Å². The molecular weight excluding hydrogens is 294 g/mol. The molecule has 0 saturated heterocycles. The SMILES string of the molecule is CC(C)c1noc2ncc(-c3nc(C4(N)CCCC4)no3)cc12. The van der Waals surface area contributed by atoms with Gasteiger partial charge in [0.25, 0.3) is 11.6 Å². The van der Waals surface area contributed by atoms with Crippen LogP contribution in [-0.2, 0) is 5.54 Å². The summed E-state index contributed by atoms with van der Waals surface area (Å²) < 4.78 is 10.7. The van der Waals surface area contributed by atoms with E-state index in [2.05, 4.69) is 34.1 Å². The van der Waals surface area contributed by atoms with Crippen molar-refractivity contribution in [2.24, 2.45) is 5.73 Å². The zero-order chi connectivity index (χ0) is 16.0. The summed E-state index contributed by atoms with van der Waals surface area (Å²) in [5.41, 5.74) is 8.07. The summed E-state index contributed by atoms with van der Waals surface area (Å²) in [7, 11) is 0. The van der Waals surface area contributed by atoms with Gasteiger partial charge in [0.1, 0.15) is 0 Å². The quantitative estimate of drug-likeness (QED) is 0.792. The number of aromatic nitrogens is 4. The number of rotatable bonds is 3. The summed E-state index contributed by atoms with van der Waals surface area (Å²) in [6, 6.07) is 1.93. The van der Waals surface area contributed by atoms with Crippen molar-refractivity contribution in [1.29, 1.82) is 0 Å². The van der Waals surface area contributed by atoms with E-state index in [4.69, 9.17) is 14.8 Å². The molecule has 7 heteroatoms.